The van der Waals surface area contributed by atoms with Crippen molar-refractivity contribution in [2.75, 3.05) is 6.61 Å². The van der Waals surface area contributed by atoms with Crippen LogP contribution in [0.1, 0.15) is 30.9 Å². The van der Waals surface area contributed by atoms with Crippen LogP contribution in [0.5, 0.6) is 0 Å². The maximum atomic E-state index is 12.0. The molecule has 1 saturated carbocycles. The SMILES string of the molecule is O=C(O)C1(C(=O)O[C@H]2CCO[C@H]2c2ccccc2)CC1. The van der Waals surface area contributed by atoms with Crippen LogP contribution in [-0.2, 0) is 19.1 Å². The Morgan fingerprint density at radius 3 is 2.55 bits per heavy atom. The molecule has 0 amide bonds. The summed E-state index contributed by atoms with van der Waals surface area (Å²) in [5, 5.41) is 9.10. The van der Waals surface area contributed by atoms with E-state index in [2.05, 4.69) is 0 Å². The third kappa shape index (κ3) is 2.18. The van der Waals surface area contributed by atoms with Crippen LogP contribution in [0.4, 0.5) is 0 Å². The highest BCUT2D eigenvalue weighted by Gasteiger charge is 2.59. The average molecular weight is 276 g/mol. The van der Waals surface area contributed by atoms with Crippen molar-refractivity contribution >= 4 is 11.9 Å². The minimum absolute atomic E-state index is 0.301. The van der Waals surface area contributed by atoms with E-state index in [0.29, 0.717) is 25.9 Å². The average Bonchev–Trinajstić information content (AvgIpc) is 3.15. The summed E-state index contributed by atoms with van der Waals surface area (Å²) in [4.78, 5) is 23.2. The van der Waals surface area contributed by atoms with E-state index in [4.69, 9.17) is 14.6 Å². The molecule has 2 fully saturated rings. The van der Waals surface area contributed by atoms with Crippen molar-refractivity contribution < 1.29 is 24.2 Å². The summed E-state index contributed by atoms with van der Waals surface area (Å²) in [5.74, 6) is -1.71. The predicted molar refractivity (Wildman–Crippen MR) is 68.9 cm³/mol. The number of aliphatic carboxylic acids is 1. The molecule has 20 heavy (non-hydrogen) atoms. The van der Waals surface area contributed by atoms with Gasteiger partial charge in [-0.3, -0.25) is 9.59 Å². The van der Waals surface area contributed by atoms with Gasteiger partial charge < -0.3 is 14.6 Å². The zero-order valence-electron chi connectivity index (χ0n) is 11.0. The highest BCUT2D eigenvalue weighted by molar-refractivity contribution is 6.02. The van der Waals surface area contributed by atoms with Crippen molar-refractivity contribution in [3.63, 3.8) is 0 Å². The Bertz CT molecular complexity index is 520. The number of ether oxygens (including phenoxy) is 2. The number of carboxylic acid groups (broad SMARTS) is 1. The van der Waals surface area contributed by atoms with E-state index in [1.807, 2.05) is 30.3 Å². The van der Waals surface area contributed by atoms with E-state index in [-0.39, 0.29) is 6.10 Å². The molecule has 1 aliphatic heterocycles. The van der Waals surface area contributed by atoms with E-state index in [0.717, 1.165) is 5.56 Å². The lowest BCUT2D eigenvalue weighted by molar-refractivity contribution is -0.166. The van der Waals surface area contributed by atoms with E-state index in [9.17, 15) is 9.59 Å². The van der Waals surface area contributed by atoms with Gasteiger partial charge >= 0.3 is 11.9 Å². The van der Waals surface area contributed by atoms with E-state index in [1.165, 1.54) is 0 Å². The Kier molecular flexibility index (Phi) is 3.22. The van der Waals surface area contributed by atoms with Crippen molar-refractivity contribution in [1.82, 2.24) is 0 Å². The topological polar surface area (TPSA) is 72.8 Å². The zero-order valence-corrected chi connectivity index (χ0v) is 11.0. The highest BCUT2D eigenvalue weighted by atomic mass is 16.6. The summed E-state index contributed by atoms with van der Waals surface area (Å²) in [7, 11) is 0. The molecule has 5 heteroatoms. The Morgan fingerprint density at radius 2 is 1.95 bits per heavy atom. The van der Waals surface area contributed by atoms with Crippen LogP contribution in [0, 0.1) is 5.41 Å². The third-order valence-corrected chi connectivity index (χ3v) is 3.97. The van der Waals surface area contributed by atoms with Crippen LogP contribution < -0.4 is 0 Å². The van der Waals surface area contributed by atoms with Gasteiger partial charge in [0.1, 0.15) is 12.2 Å². The first-order valence-electron chi connectivity index (χ1n) is 6.74. The predicted octanol–water partition coefficient (Wildman–Crippen LogP) is 1.92. The number of esters is 1. The molecular formula is C15H16O5. The summed E-state index contributed by atoms with van der Waals surface area (Å²) < 4.78 is 11.0. The van der Waals surface area contributed by atoms with Crippen LogP contribution in [0.3, 0.4) is 0 Å². The first-order chi connectivity index (χ1) is 9.63. The largest absolute Gasteiger partial charge is 0.480 e. The van der Waals surface area contributed by atoms with Gasteiger partial charge in [0.05, 0.1) is 6.61 Å². The summed E-state index contributed by atoms with van der Waals surface area (Å²) in [6.45, 7) is 0.511. The summed E-state index contributed by atoms with van der Waals surface area (Å²) in [6.07, 6.45) is 0.628. The van der Waals surface area contributed by atoms with Crippen molar-refractivity contribution in [3.8, 4) is 0 Å². The van der Waals surface area contributed by atoms with Gasteiger partial charge in [0.2, 0.25) is 0 Å². The molecule has 2 atom stereocenters. The Labute approximate surface area is 116 Å². The molecule has 3 rings (SSSR count). The molecule has 1 aliphatic carbocycles. The maximum Gasteiger partial charge on any atom is 0.323 e. The number of rotatable bonds is 4. The second-order valence-corrected chi connectivity index (χ2v) is 5.32. The normalized spacial score (nSPS) is 27.0. The van der Waals surface area contributed by atoms with Gasteiger partial charge in [-0.15, -0.1) is 0 Å². The summed E-state index contributed by atoms with van der Waals surface area (Å²) in [6, 6.07) is 9.54. The lowest BCUT2D eigenvalue weighted by Gasteiger charge is -2.21. The Morgan fingerprint density at radius 1 is 1.25 bits per heavy atom. The maximum absolute atomic E-state index is 12.0. The van der Waals surface area contributed by atoms with Crippen LogP contribution in [0.25, 0.3) is 0 Å². The molecule has 0 unspecified atom stereocenters. The number of carbonyl (C=O) groups is 2. The van der Waals surface area contributed by atoms with Crippen molar-refractivity contribution in [3.05, 3.63) is 35.9 Å². The van der Waals surface area contributed by atoms with Gasteiger partial charge in [0, 0.05) is 6.42 Å². The molecular weight excluding hydrogens is 260 g/mol. The number of benzene rings is 1. The standard InChI is InChI=1S/C15H16O5/c16-13(17)15(7-8-15)14(18)20-11-6-9-19-12(11)10-4-2-1-3-5-10/h1-5,11-12H,6-9H2,(H,16,17)/t11-,12-/m0/s1. The molecule has 1 aromatic rings. The van der Waals surface area contributed by atoms with Gasteiger partial charge in [0.25, 0.3) is 0 Å². The number of hydrogen-bond acceptors (Lipinski definition) is 4. The van der Waals surface area contributed by atoms with E-state index in [1.54, 1.807) is 0 Å². The summed E-state index contributed by atoms with van der Waals surface area (Å²) in [5.41, 5.74) is -0.355. The summed E-state index contributed by atoms with van der Waals surface area (Å²) >= 11 is 0. The van der Waals surface area contributed by atoms with E-state index >= 15 is 0 Å². The van der Waals surface area contributed by atoms with Crippen LogP contribution in [-0.4, -0.2) is 29.8 Å². The quantitative estimate of drug-likeness (QED) is 0.672. The molecule has 106 valence electrons. The van der Waals surface area contributed by atoms with Gasteiger partial charge in [-0.25, -0.2) is 0 Å². The van der Waals surface area contributed by atoms with Crippen molar-refractivity contribution in [2.45, 2.75) is 31.5 Å². The fraction of sp³-hybridized carbons (Fsp3) is 0.467. The molecule has 5 nitrogen and oxygen atoms in total. The molecule has 1 heterocycles. The molecule has 0 aromatic heterocycles. The molecule has 0 bridgehead atoms. The van der Waals surface area contributed by atoms with Crippen LogP contribution in [0.15, 0.2) is 30.3 Å². The number of carbonyl (C=O) groups excluding carboxylic acids is 1. The van der Waals surface area contributed by atoms with Crippen LogP contribution in [0.2, 0.25) is 0 Å². The molecule has 1 aromatic carbocycles. The Hall–Kier alpha value is -1.88. The first kappa shape index (κ1) is 13.1. The fourth-order valence-corrected chi connectivity index (χ4v) is 2.52. The molecule has 2 aliphatic rings. The zero-order chi connectivity index (χ0) is 14.2. The lowest BCUT2D eigenvalue weighted by atomic mass is 10.0. The monoisotopic (exact) mass is 276 g/mol. The van der Waals surface area contributed by atoms with Gasteiger partial charge in [0.15, 0.2) is 5.41 Å². The molecule has 1 saturated heterocycles. The molecule has 1 N–H and O–H groups in total. The van der Waals surface area contributed by atoms with Crippen molar-refractivity contribution in [2.24, 2.45) is 5.41 Å². The fourth-order valence-electron chi connectivity index (χ4n) is 2.52. The van der Waals surface area contributed by atoms with Gasteiger partial charge in [-0.05, 0) is 18.4 Å². The Balaban J connectivity index is 1.71. The molecule has 0 spiro atoms. The second-order valence-electron chi connectivity index (χ2n) is 5.32. The third-order valence-electron chi connectivity index (χ3n) is 3.97. The van der Waals surface area contributed by atoms with Crippen molar-refractivity contribution in [1.29, 1.82) is 0 Å². The lowest BCUT2D eigenvalue weighted by Crippen LogP contribution is -2.32. The first-order valence-corrected chi connectivity index (χ1v) is 6.74. The highest BCUT2D eigenvalue weighted by Crippen LogP contribution is 2.48. The number of carboxylic acids is 1. The minimum atomic E-state index is -1.30. The van der Waals surface area contributed by atoms with Gasteiger partial charge in [-0.2, -0.15) is 0 Å². The van der Waals surface area contributed by atoms with Crippen LogP contribution >= 0.6 is 0 Å². The number of hydrogen-bond donors (Lipinski definition) is 1. The second kappa shape index (κ2) is 4.90. The smallest absolute Gasteiger partial charge is 0.323 e. The van der Waals surface area contributed by atoms with Gasteiger partial charge in [-0.1, -0.05) is 30.3 Å². The molecule has 0 radical (unpaired) electrons. The minimum Gasteiger partial charge on any atom is -0.480 e. The van der Waals surface area contributed by atoms with E-state index < -0.39 is 23.5 Å².